The Morgan fingerprint density at radius 1 is 1.20 bits per heavy atom. The van der Waals surface area contributed by atoms with Crippen molar-refractivity contribution in [3.8, 4) is 5.75 Å². The van der Waals surface area contributed by atoms with Gasteiger partial charge in [0.25, 0.3) is 0 Å². The molecule has 0 heterocycles. The number of halogens is 1. The summed E-state index contributed by atoms with van der Waals surface area (Å²) in [7, 11) is 0. The Morgan fingerprint density at radius 3 is 2.35 bits per heavy atom. The number of benzene rings is 1. The molecule has 0 fully saturated rings. The van der Waals surface area contributed by atoms with Crippen molar-refractivity contribution in [3.63, 3.8) is 0 Å². The molecule has 20 heavy (non-hydrogen) atoms. The van der Waals surface area contributed by atoms with Crippen molar-refractivity contribution in [2.24, 2.45) is 5.92 Å². The molecule has 1 aromatic rings. The van der Waals surface area contributed by atoms with Gasteiger partial charge in [0.05, 0.1) is 11.6 Å². The van der Waals surface area contributed by atoms with Crippen LogP contribution in [0.15, 0.2) is 18.2 Å². The lowest BCUT2D eigenvalue weighted by molar-refractivity contribution is 0.240. The highest BCUT2D eigenvalue weighted by Gasteiger charge is 2.10. The van der Waals surface area contributed by atoms with E-state index in [1.54, 1.807) is 0 Å². The molecule has 0 aromatic heterocycles. The normalized spacial score (nSPS) is 11.9. The van der Waals surface area contributed by atoms with E-state index in [2.05, 4.69) is 46.0 Å². The maximum absolute atomic E-state index is 6.30. The van der Waals surface area contributed by atoms with Gasteiger partial charge in [-0.15, -0.1) is 0 Å². The van der Waals surface area contributed by atoms with Crippen LogP contribution in [0.25, 0.3) is 0 Å². The molecule has 0 aliphatic carbocycles. The standard InChI is InChI=1S/C17H28ClNO/c1-6-13(7-2)12-20-16-9-8-14(10-15(16)18)11-19-17(3,4)5/h8-10,13,19H,6-7,11-12H2,1-5H3. The Hall–Kier alpha value is -0.730. The van der Waals surface area contributed by atoms with E-state index in [-0.39, 0.29) is 5.54 Å². The maximum atomic E-state index is 6.30. The third-order valence-corrected chi connectivity index (χ3v) is 3.74. The lowest BCUT2D eigenvalue weighted by atomic mass is 10.1. The summed E-state index contributed by atoms with van der Waals surface area (Å²) in [4.78, 5) is 0. The zero-order chi connectivity index (χ0) is 15.2. The highest BCUT2D eigenvalue weighted by molar-refractivity contribution is 6.32. The summed E-state index contributed by atoms with van der Waals surface area (Å²) >= 11 is 6.30. The van der Waals surface area contributed by atoms with Crippen LogP contribution in [0.3, 0.4) is 0 Å². The van der Waals surface area contributed by atoms with Crippen molar-refractivity contribution in [2.45, 2.75) is 59.5 Å². The summed E-state index contributed by atoms with van der Waals surface area (Å²) < 4.78 is 5.83. The molecule has 1 rings (SSSR count). The van der Waals surface area contributed by atoms with Crippen molar-refractivity contribution < 1.29 is 4.74 Å². The van der Waals surface area contributed by atoms with Crippen LogP contribution in [0.5, 0.6) is 5.75 Å². The molecule has 0 aliphatic heterocycles. The summed E-state index contributed by atoms with van der Waals surface area (Å²) in [6.07, 6.45) is 2.28. The minimum atomic E-state index is 0.108. The van der Waals surface area contributed by atoms with Gasteiger partial charge in [-0.1, -0.05) is 44.4 Å². The van der Waals surface area contributed by atoms with Crippen LogP contribution in [0, 0.1) is 5.92 Å². The van der Waals surface area contributed by atoms with Crippen LogP contribution < -0.4 is 10.1 Å². The van der Waals surface area contributed by atoms with Gasteiger partial charge in [-0.2, -0.15) is 0 Å². The predicted octanol–water partition coefficient (Wildman–Crippen LogP) is 5.04. The molecule has 0 unspecified atom stereocenters. The van der Waals surface area contributed by atoms with Gasteiger partial charge in [0, 0.05) is 12.1 Å². The van der Waals surface area contributed by atoms with Crippen LogP contribution in [-0.4, -0.2) is 12.1 Å². The Labute approximate surface area is 128 Å². The Morgan fingerprint density at radius 2 is 1.85 bits per heavy atom. The molecular formula is C17H28ClNO. The lowest BCUT2D eigenvalue weighted by Gasteiger charge is -2.21. The third kappa shape index (κ3) is 6.15. The van der Waals surface area contributed by atoms with Crippen molar-refractivity contribution in [2.75, 3.05) is 6.61 Å². The van der Waals surface area contributed by atoms with Gasteiger partial charge < -0.3 is 10.1 Å². The second-order valence-corrected chi connectivity index (χ2v) is 6.77. The number of hydrogen-bond acceptors (Lipinski definition) is 2. The molecule has 0 spiro atoms. The van der Waals surface area contributed by atoms with E-state index in [1.807, 2.05) is 12.1 Å². The summed E-state index contributed by atoms with van der Waals surface area (Å²) in [6, 6.07) is 6.04. The smallest absolute Gasteiger partial charge is 0.137 e. The summed E-state index contributed by atoms with van der Waals surface area (Å²) in [6.45, 7) is 12.4. The van der Waals surface area contributed by atoms with Gasteiger partial charge in [0.15, 0.2) is 0 Å². The van der Waals surface area contributed by atoms with Gasteiger partial charge in [0.1, 0.15) is 5.75 Å². The molecule has 0 saturated heterocycles. The largest absolute Gasteiger partial charge is 0.492 e. The van der Waals surface area contributed by atoms with E-state index in [0.717, 1.165) is 31.7 Å². The minimum Gasteiger partial charge on any atom is -0.492 e. The fraction of sp³-hybridized carbons (Fsp3) is 0.647. The summed E-state index contributed by atoms with van der Waals surface area (Å²) in [5.74, 6) is 1.39. The monoisotopic (exact) mass is 297 g/mol. The summed E-state index contributed by atoms with van der Waals surface area (Å²) in [5.41, 5.74) is 1.29. The molecule has 0 amide bonds. The fourth-order valence-electron chi connectivity index (χ4n) is 1.87. The van der Waals surface area contributed by atoms with Crippen LogP contribution in [0.2, 0.25) is 5.02 Å². The highest BCUT2D eigenvalue weighted by atomic mass is 35.5. The van der Waals surface area contributed by atoms with E-state index in [4.69, 9.17) is 16.3 Å². The molecule has 2 nitrogen and oxygen atoms in total. The first kappa shape index (κ1) is 17.3. The van der Waals surface area contributed by atoms with Gasteiger partial charge in [-0.25, -0.2) is 0 Å². The lowest BCUT2D eigenvalue weighted by Crippen LogP contribution is -2.35. The number of hydrogen-bond donors (Lipinski definition) is 1. The zero-order valence-corrected chi connectivity index (χ0v) is 14.2. The topological polar surface area (TPSA) is 21.3 Å². The molecule has 1 aromatic carbocycles. The minimum absolute atomic E-state index is 0.108. The highest BCUT2D eigenvalue weighted by Crippen LogP contribution is 2.26. The Balaban J connectivity index is 2.59. The average molecular weight is 298 g/mol. The van der Waals surface area contributed by atoms with E-state index in [0.29, 0.717) is 10.9 Å². The fourth-order valence-corrected chi connectivity index (χ4v) is 2.13. The van der Waals surface area contributed by atoms with Crippen LogP contribution in [0.4, 0.5) is 0 Å². The van der Waals surface area contributed by atoms with E-state index in [1.165, 1.54) is 5.56 Å². The third-order valence-electron chi connectivity index (χ3n) is 3.45. The van der Waals surface area contributed by atoms with E-state index >= 15 is 0 Å². The first-order valence-corrected chi connectivity index (χ1v) is 7.89. The van der Waals surface area contributed by atoms with Crippen molar-refractivity contribution in [1.82, 2.24) is 5.32 Å². The van der Waals surface area contributed by atoms with Crippen molar-refractivity contribution in [3.05, 3.63) is 28.8 Å². The van der Waals surface area contributed by atoms with Crippen LogP contribution >= 0.6 is 11.6 Å². The number of ether oxygens (including phenoxy) is 1. The van der Waals surface area contributed by atoms with Crippen molar-refractivity contribution >= 4 is 11.6 Å². The van der Waals surface area contributed by atoms with Crippen molar-refractivity contribution in [1.29, 1.82) is 0 Å². The number of nitrogens with one attached hydrogen (secondary N) is 1. The quantitative estimate of drug-likeness (QED) is 0.761. The maximum Gasteiger partial charge on any atom is 0.137 e. The second kappa shape index (κ2) is 7.90. The molecule has 0 saturated carbocycles. The molecule has 114 valence electrons. The zero-order valence-electron chi connectivity index (χ0n) is 13.4. The first-order chi connectivity index (χ1) is 9.35. The van der Waals surface area contributed by atoms with Gasteiger partial charge in [0.2, 0.25) is 0 Å². The predicted molar refractivity (Wildman–Crippen MR) is 87.6 cm³/mol. The van der Waals surface area contributed by atoms with Crippen LogP contribution in [0.1, 0.15) is 53.0 Å². The van der Waals surface area contributed by atoms with Crippen LogP contribution in [-0.2, 0) is 6.54 Å². The van der Waals surface area contributed by atoms with Gasteiger partial charge in [-0.05, 0) is 44.4 Å². The summed E-state index contributed by atoms with van der Waals surface area (Å²) in [5, 5.41) is 4.15. The Bertz CT molecular complexity index is 408. The van der Waals surface area contributed by atoms with E-state index < -0.39 is 0 Å². The SMILES string of the molecule is CCC(CC)COc1ccc(CNC(C)(C)C)cc1Cl. The Kier molecular flexibility index (Phi) is 6.84. The second-order valence-electron chi connectivity index (χ2n) is 6.36. The molecule has 1 N–H and O–H groups in total. The molecule has 0 radical (unpaired) electrons. The molecule has 0 aliphatic rings. The first-order valence-electron chi connectivity index (χ1n) is 7.52. The van der Waals surface area contributed by atoms with Gasteiger partial charge >= 0.3 is 0 Å². The molecule has 3 heteroatoms. The average Bonchev–Trinajstić information content (AvgIpc) is 2.38. The van der Waals surface area contributed by atoms with E-state index in [9.17, 15) is 0 Å². The number of rotatable bonds is 7. The molecule has 0 bridgehead atoms. The van der Waals surface area contributed by atoms with Gasteiger partial charge in [-0.3, -0.25) is 0 Å². The molecule has 0 atom stereocenters. The molecular weight excluding hydrogens is 270 g/mol.